The lowest BCUT2D eigenvalue weighted by atomic mass is 10.0. The van der Waals surface area contributed by atoms with Crippen LogP contribution in [0.15, 0.2) is 40.9 Å². The molecular weight excluding hydrogens is 462 g/mol. The molecule has 4 rings (SSSR count). The van der Waals surface area contributed by atoms with Gasteiger partial charge < -0.3 is 24.6 Å². The van der Waals surface area contributed by atoms with Crippen LogP contribution in [0.2, 0.25) is 0 Å². The molecule has 1 aliphatic heterocycles. The molecule has 0 unspecified atom stereocenters. The van der Waals surface area contributed by atoms with Crippen LogP contribution in [0.25, 0.3) is 0 Å². The van der Waals surface area contributed by atoms with Crippen LogP contribution in [-0.4, -0.2) is 55.0 Å². The van der Waals surface area contributed by atoms with Gasteiger partial charge in [0.2, 0.25) is 0 Å². The fraction of sp³-hybridized carbons (Fsp3) is 0.391. The van der Waals surface area contributed by atoms with Crippen molar-refractivity contribution < 1.29 is 19.1 Å². The second-order valence-corrected chi connectivity index (χ2v) is 8.73. The highest BCUT2D eigenvalue weighted by atomic mass is 79.9. The molecule has 1 heterocycles. The lowest BCUT2D eigenvalue weighted by molar-refractivity contribution is -0.130. The van der Waals surface area contributed by atoms with Crippen molar-refractivity contribution in [3.8, 4) is 11.5 Å². The van der Waals surface area contributed by atoms with Crippen LogP contribution in [0.1, 0.15) is 41.9 Å². The maximum Gasteiger partial charge on any atom is 0.259 e. The molecule has 2 aliphatic rings. The molecule has 2 amide bonds. The summed E-state index contributed by atoms with van der Waals surface area (Å²) >= 11 is 3.58. The fourth-order valence-corrected chi connectivity index (χ4v) is 4.23. The first-order valence-corrected chi connectivity index (χ1v) is 11.2. The van der Waals surface area contributed by atoms with Crippen LogP contribution >= 0.6 is 15.9 Å². The van der Waals surface area contributed by atoms with Crippen molar-refractivity contribution in [3.05, 3.63) is 52.0 Å². The van der Waals surface area contributed by atoms with Gasteiger partial charge in [0, 0.05) is 25.8 Å². The SMILES string of the molecule is CCOc1cc([C@@H]2Nc3ccccc3C(=O)N2C2CC2)cc(Br)c1OCC(=O)N(C)C. The molecule has 2 aromatic carbocycles. The maximum atomic E-state index is 13.3. The second-order valence-electron chi connectivity index (χ2n) is 7.88. The molecule has 2 aromatic rings. The number of nitrogens with one attached hydrogen (secondary N) is 1. The first-order valence-electron chi connectivity index (χ1n) is 10.4. The van der Waals surface area contributed by atoms with Crippen molar-refractivity contribution in [2.45, 2.75) is 32.0 Å². The number of likely N-dealkylation sites (N-methyl/N-ethyl adjacent to an activating group) is 1. The Kier molecular flexibility index (Phi) is 6.09. The van der Waals surface area contributed by atoms with E-state index in [-0.39, 0.29) is 30.6 Å². The highest BCUT2D eigenvalue weighted by Crippen LogP contribution is 2.44. The third-order valence-electron chi connectivity index (χ3n) is 5.39. The number of anilines is 1. The van der Waals surface area contributed by atoms with Crippen molar-refractivity contribution in [2.75, 3.05) is 32.6 Å². The van der Waals surface area contributed by atoms with Crippen LogP contribution in [0.4, 0.5) is 5.69 Å². The minimum atomic E-state index is -0.317. The van der Waals surface area contributed by atoms with E-state index in [1.165, 1.54) is 4.90 Å². The normalized spacial score (nSPS) is 17.6. The summed E-state index contributed by atoms with van der Waals surface area (Å²) in [5.41, 5.74) is 2.40. The largest absolute Gasteiger partial charge is 0.490 e. The number of carbonyl (C=O) groups is 2. The van der Waals surface area contributed by atoms with Gasteiger partial charge in [-0.1, -0.05) is 12.1 Å². The number of fused-ring (bicyclic) bond motifs is 1. The summed E-state index contributed by atoms with van der Waals surface area (Å²) in [5, 5.41) is 3.52. The average molecular weight is 488 g/mol. The van der Waals surface area contributed by atoms with Crippen molar-refractivity contribution in [1.29, 1.82) is 0 Å². The molecule has 164 valence electrons. The number of benzene rings is 2. The first-order chi connectivity index (χ1) is 14.9. The molecule has 0 aromatic heterocycles. The van der Waals surface area contributed by atoms with E-state index in [9.17, 15) is 9.59 Å². The second kappa shape index (κ2) is 8.78. The summed E-state index contributed by atoms with van der Waals surface area (Å²) in [6.07, 6.45) is 1.68. The highest BCUT2D eigenvalue weighted by molar-refractivity contribution is 9.10. The minimum absolute atomic E-state index is 0.0350. The van der Waals surface area contributed by atoms with E-state index in [2.05, 4.69) is 21.2 Å². The molecule has 1 aliphatic carbocycles. The van der Waals surface area contributed by atoms with Gasteiger partial charge in [-0.15, -0.1) is 0 Å². The Labute approximate surface area is 190 Å². The zero-order chi connectivity index (χ0) is 22.1. The van der Waals surface area contributed by atoms with E-state index in [1.54, 1.807) is 14.1 Å². The molecule has 1 fully saturated rings. The minimum Gasteiger partial charge on any atom is -0.490 e. The van der Waals surface area contributed by atoms with Crippen molar-refractivity contribution in [3.63, 3.8) is 0 Å². The summed E-state index contributed by atoms with van der Waals surface area (Å²) in [6.45, 7) is 2.25. The number of nitrogens with zero attached hydrogens (tertiary/aromatic N) is 2. The van der Waals surface area contributed by atoms with Gasteiger partial charge in [0.05, 0.1) is 16.6 Å². The fourth-order valence-electron chi connectivity index (χ4n) is 3.65. The molecule has 8 heteroatoms. The number of amides is 2. The number of hydrogen-bond donors (Lipinski definition) is 1. The Morgan fingerprint density at radius 1 is 1.23 bits per heavy atom. The number of rotatable bonds is 7. The van der Waals surface area contributed by atoms with Gasteiger partial charge in [-0.3, -0.25) is 9.59 Å². The number of carbonyl (C=O) groups excluding carboxylic acids is 2. The predicted octanol–water partition coefficient (Wildman–Crippen LogP) is 4.04. The lowest BCUT2D eigenvalue weighted by Gasteiger charge is -2.38. The molecule has 0 saturated heterocycles. The van der Waals surface area contributed by atoms with Gasteiger partial charge in [0.25, 0.3) is 11.8 Å². The Hall–Kier alpha value is -2.74. The zero-order valence-corrected chi connectivity index (χ0v) is 19.4. The first kappa shape index (κ1) is 21.5. The van der Waals surface area contributed by atoms with Crippen molar-refractivity contribution >= 4 is 33.4 Å². The molecule has 1 atom stereocenters. The molecule has 7 nitrogen and oxygen atoms in total. The Bertz CT molecular complexity index is 1010. The summed E-state index contributed by atoms with van der Waals surface area (Å²) in [5.74, 6) is 0.894. The lowest BCUT2D eigenvalue weighted by Crippen LogP contribution is -2.44. The van der Waals surface area contributed by atoms with Crippen LogP contribution in [-0.2, 0) is 4.79 Å². The van der Waals surface area contributed by atoms with Crippen molar-refractivity contribution in [1.82, 2.24) is 9.80 Å². The van der Waals surface area contributed by atoms with E-state index in [0.29, 0.717) is 28.1 Å². The van der Waals surface area contributed by atoms with Crippen molar-refractivity contribution in [2.24, 2.45) is 0 Å². The topological polar surface area (TPSA) is 71.1 Å². The average Bonchev–Trinajstić information content (AvgIpc) is 3.58. The molecule has 1 saturated carbocycles. The molecule has 1 N–H and O–H groups in total. The van der Waals surface area contributed by atoms with Gasteiger partial charge in [-0.05, 0) is 65.5 Å². The Balaban J connectivity index is 1.70. The van der Waals surface area contributed by atoms with E-state index in [0.717, 1.165) is 24.1 Å². The molecule has 0 bridgehead atoms. The maximum absolute atomic E-state index is 13.3. The molecule has 0 spiro atoms. The van der Waals surface area contributed by atoms with Crippen LogP contribution in [0.3, 0.4) is 0 Å². The smallest absolute Gasteiger partial charge is 0.259 e. The number of para-hydroxylation sites is 1. The van der Waals surface area contributed by atoms with E-state index in [1.807, 2.05) is 48.2 Å². The highest BCUT2D eigenvalue weighted by Gasteiger charge is 2.42. The van der Waals surface area contributed by atoms with E-state index < -0.39 is 0 Å². The Morgan fingerprint density at radius 2 is 1.97 bits per heavy atom. The van der Waals surface area contributed by atoms with Gasteiger partial charge in [0.1, 0.15) is 6.17 Å². The summed E-state index contributed by atoms with van der Waals surface area (Å²) < 4.78 is 12.3. The van der Waals surface area contributed by atoms with Gasteiger partial charge in [0.15, 0.2) is 18.1 Å². The third-order valence-corrected chi connectivity index (χ3v) is 5.98. The summed E-state index contributed by atoms with van der Waals surface area (Å²) in [4.78, 5) is 28.6. The Morgan fingerprint density at radius 3 is 2.65 bits per heavy atom. The molecular formula is C23H26BrN3O4. The number of halogens is 1. The van der Waals surface area contributed by atoms with Crippen LogP contribution in [0.5, 0.6) is 11.5 Å². The van der Waals surface area contributed by atoms with Crippen LogP contribution < -0.4 is 14.8 Å². The van der Waals surface area contributed by atoms with Gasteiger partial charge >= 0.3 is 0 Å². The zero-order valence-electron chi connectivity index (χ0n) is 17.9. The van der Waals surface area contributed by atoms with Crippen LogP contribution in [0, 0.1) is 0 Å². The standard InChI is InChI=1S/C23H26BrN3O4/c1-4-30-19-12-14(11-17(24)21(19)31-13-20(28)26(2)3)22-25-18-8-6-5-7-16(18)23(29)27(22)15-9-10-15/h5-8,11-12,15,22,25H,4,9-10,13H2,1-3H3/t22-/m1/s1. The van der Waals surface area contributed by atoms with Gasteiger partial charge in [-0.2, -0.15) is 0 Å². The predicted molar refractivity (Wildman–Crippen MR) is 121 cm³/mol. The molecule has 31 heavy (non-hydrogen) atoms. The number of ether oxygens (including phenoxy) is 2. The quantitative estimate of drug-likeness (QED) is 0.637. The summed E-state index contributed by atoms with van der Waals surface area (Å²) in [6, 6.07) is 11.6. The van der Waals surface area contributed by atoms with E-state index in [4.69, 9.17) is 9.47 Å². The third kappa shape index (κ3) is 4.35. The number of hydrogen-bond acceptors (Lipinski definition) is 5. The van der Waals surface area contributed by atoms with Gasteiger partial charge in [-0.25, -0.2) is 0 Å². The molecule has 0 radical (unpaired) electrons. The monoisotopic (exact) mass is 487 g/mol. The van der Waals surface area contributed by atoms with E-state index >= 15 is 0 Å². The summed E-state index contributed by atoms with van der Waals surface area (Å²) in [7, 11) is 3.37.